The number of carbonyl (C=O) groups is 4. The number of carbonyl (C=O) groups excluding carboxylic acids is 4. The van der Waals surface area contributed by atoms with Gasteiger partial charge in [0.05, 0.1) is 109 Å². The summed E-state index contributed by atoms with van der Waals surface area (Å²) in [6, 6.07) is 19.6. The van der Waals surface area contributed by atoms with Crippen LogP contribution in [0, 0.1) is 10.1 Å². The number of aromatic amines is 1. The van der Waals surface area contributed by atoms with E-state index in [2.05, 4.69) is 56.7 Å². The van der Waals surface area contributed by atoms with Gasteiger partial charge in [-0.15, -0.1) is 0 Å². The molecule has 4 aliphatic heterocycles. The Bertz CT molecular complexity index is 2760. The van der Waals surface area contributed by atoms with Gasteiger partial charge in [-0.25, -0.2) is 24.2 Å². The van der Waals surface area contributed by atoms with E-state index in [-0.39, 0.29) is 47.9 Å². The topological polar surface area (TPSA) is 322 Å². The van der Waals surface area contributed by atoms with Crippen LogP contribution in [0.3, 0.4) is 0 Å². The lowest BCUT2D eigenvalue weighted by atomic mass is 10.0. The molecular weight excluding hydrogens is 960 g/mol. The molecule has 0 amide bonds. The number of hydrogen-bond acceptors (Lipinski definition) is 19. The fourth-order valence-electron chi connectivity index (χ4n) is 6.30. The number of aromatic nitrogens is 2. The summed E-state index contributed by atoms with van der Waals surface area (Å²) < 4.78 is 19.6. The molecule has 0 atom stereocenters. The predicted octanol–water partition coefficient (Wildman–Crippen LogP) is 3.60. The van der Waals surface area contributed by atoms with E-state index in [1.54, 1.807) is 27.7 Å². The first-order valence-corrected chi connectivity index (χ1v) is 22.1. The van der Waals surface area contributed by atoms with Gasteiger partial charge >= 0.3 is 23.9 Å². The van der Waals surface area contributed by atoms with Gasteiger partial charge in [0.1, 0.15) is 16.4 Å². The molecule has 2 aromatic carbocycles. The molecule has 1 aliphatic carbocycles. The molecule has 1 aromatic heterocycles. The van der Waals surface area contributed by atoms with Crippen molar-refractivity contribution in [2.75, 3.05) is 52.6 Å². The second-order valence-corrected chi connectivity index (χ2v) is 14.8. The number of rotatable bonds is 11. The highest BCUT2D eigenvalue weighted by atomic mass is 79.9. The van der Waals surface area contributed by atoms with E-state index in [0.29, 0.717) is 90.0 Å². The molecule has 362 valence electrons. The first-order valence-electron chi connectivity index (χ1n) is 21.3. The number of H-pyrrole nitrogens is 1. The van der Waals surface area contributed by atoms with Gasteiger partial charge in [0.25, 0.3) is 11.3 Å². The van der Waals surface area contributed by atoms with Gasteiger partial charge in [-0.1, -0.05) is 66.7 Å². The van der Waals surface area contributed by atoms with E-state index in [9.17, 15) is 34.1 Å². The third-order valence-electron chi connectivity index (χ3n) is 9.63. The van der Waals surface area contributed by atoms with Crippen LogP contribution >= 0.6 is 15.9 Å². The van der Waals surface area contributed by atoms with Crippen LogP contribution in [0.2, 0.25) is 0 Å². The fraction of sp³-hybridized carbons (Fsp3) is 0.277. The Balaban J connectivity index is 0.000000190. The van der Waals surface area contributed by atoms with Gasteiger partial charge in [-0.2, -0.15) is 0 Å². The average molecular weight is 1010 g/mol. The van der Waals surface area contributed by atoms with Gasteiger partial charge < -0.3 is 41.1 Å². The zero-order valence-electron chi connectivity index (χ0n) is 38.2. The standard InChI is InChI=1S/C13H14N2O2.C13H10N2O.C7H9BrN2O2.C7H8N2O4.C7H10N2O2/c1-2-17-13(16)10-8-15-12(11(10)14)9-6-4-3-5-7-9;16-13-11-7-6-10(12(11)14-8-15-13)9-4-2-1-3-5-9;1-2-12-7(11)4-3-10-6(8)5(4)9;1-2-13-7(10)5-3-8-4-6(5)9(11)12;1-2-11-7(10)5-3-9-4-6(5)8/h3-7H,2,8,14H2,1H3;1-6,8H,7H2,(H,14,15,16);2-3,9H2,1H3;4H,2-3H2,1H3;4H,2-3,8H2,1H3. The van der Waals surface area contributed by atoms with Crippen molar-refractivity contribution in [3.8, 4) is 0 Å². The lowest BCUT2D eigenvalue weighted by molar-refractivity contribution is -0.414. The monoisotopic (exact) mass is 1010 g/mol. The van der Waals surface area contributed by atoms with Crippen molar-refractivity contribution < 1.29 is 43.0 Å². The molecule has 7 N–H and O–H groups in total. The van der Waals surface area contributed by atoms with Gasteiger partial charge in [-0.3, -0.25) is 34.9 Å². The predicted molar refractivity (Wildman–Crippen MR) is 262 cm³/mol. The third-order valence-corrected chi connectivity index (χ3v) is 10.3. The summed E-state index contributed by atoms with van der Waals surface area (Å²) in [6.45, 7) is 9.18. The summed E-state index contributed by atoms with van der Waals surface area (Å²) >= 11 is 3.12. The van der Waals surface area contributed by atoms with Crippen molar-refractivity contribution in [2.45, 2.75) is 34.1 Å². The molecule has 0 unspecified atom stereocenters. The lowest BCUT2D eigenvalue weighted by Crippen LogP contribution is -2.17. The number of benzene rings is 2. The van der Waals surface area contributed by atoms with Crippen molar-refractivity contribution >= 4 is 68.1 Å². The SMILES string of the molecule is CCOC(=O)C1=C(N)C(Br)=NC1.CCOC(=O)C1=C(N)C(c2ccccc2)=NC1.CCOC(=O)C1=C(N)C=NC1.CCOC(=O)C1=C([N+](=O)[O-])C=NC1.O=c1[nH]cnc2c1CC=C2c1ccccc1. The molecular formula is C47H51BrN10O11. The van der Waals surface area contributed by atoms with Crippen LogP contribution < -0.4 is 22.8 Å². The Labute approximate surface area is 404 Å². The maximum absolute atomic E-state index is 11.6. The molecule has 0 saturated heterocycles. The third kappa shape index (κ3) is 14.7. The second kappa shape index (κ2) is 26.9. The molecule has 22 heteroatoms. The summed E-state index contributed by atoms with van der Waals surface area (Å²) in [5.74, 6) is -1.78. The largest absolute Gasteiger partial charge is 0.463 e. The molecule has 0 fully saturated rings. The Hall–Kier alpha value is -8.14. The quantitative estimate of drug-likeness (QED) is 0.0923. The van der Waals surface area contributed by atoms with Gasteiger partial charge in [-0.05, 0) is 55.6 Å². The van der Waals surface area contributed by atoms with Crippen molar-refractivity contribution in [1.82, 2.24) is 9.97 Å². The molecule has 8 rings (SSSR count). The van der Waals surface area contributed by atoms with Crippen molar-refractivity contribution in [3.05, 3.63) is 161 Å². The van der Waals surface area contributed by atoms with Gasteiger partial charge in [0.2, 0.25) is 0 Å². The number of esters is 4. The molecule has 21 nitrogen and oxygen atoms in total. The molecule has 0 radical (unpaired) electrons. The fourth-order valence-corrected chi connectivity index (χ4v) is 6.66. The minimum absolute atomic E-state index is 0.0202. The van der Waals surface area contributed by atoms with Crippen molar-refractivity contribution in [1.29, 1.82) is 0 Å². The van der Waals surface area contributed by atoms with E-state index >= 15 is 0 Å². The minimum atomic E-state index is -0.660. The van der Waals surface area contributed by atoms with E-state index in [1.807, 2.05) is 60.7 Å². The van der Waals surface area contributed by atoms with Gasteiger partial charge in [0.15, 0.2) is 0 Å². The molecule has 0 saturated carbocycles. The number of allylic oxidation sites excluding steroid dienone is 5. The van der Waals surface area contributed by atoms with Crippen LogP contribution in [0.4, 0.5) is 0 Å². The Morgan fingerprint density at radius 3 is 1.68 bits per heavy atom. The van der Waals surface area contributed by atoms with Crippen molar-refractivity contribution in [3.63, 3.8) is 0 Å². The Morgan fingerprint density at radius 1 is 0.681 bits per heavy atom. The molecule has 5 heterocycles. The summed E-state index contributed by atoms with van der Waals surface area (Å²) in [7, 11) is 0. The number of nitrogens with zero attached hydrogens (tertiary/aromatic N) is 6. The van der Waals surface area contributed by atoms with Crippen LogP contribution in [0.5, 0.6) is 0 Å². The van der Waals surface area contributed by atoms with Crippen molar-refractivity contribution in [2.24, 2.45) is 37.2 Å². The Kier molecular flexibility index (Phi) is 20.8. The van der Waals surface area contributed by atoms with Crippen LogP contribution in [0.1, 0.15) is 50.1 Å². The summed E-state index contributed by atoms with van der Waals surface area (Å²) in [4.78, 5) is 88.7. The average Bonchev–Trinajstić information content (AvgIpc) is 4.21. The summed E-state index contributed by atoms with van der Waals surface area (Å²) in [5, 5.41) is 10.4. The maximum Gasteiger partial charge on any atom is 0.342 e. The van der Waals surface area contributed by atoms with Crippen LogP contribution in [-0.2, 0) is 44.5 Å². The number of nitrogens with two attached hydrogens (primary N) is 3. The van der Waals surface area contributed by atoms with Crippen LogP contribution in [0.15, 0.2) is 143 Å². The Morgan fingerprint density at radius 2 is 1.17 bits per heavy atom. The number of ether oxygens (including phenoxy) is 4. The second-order valence-electron chi connectivity index (χ2n) is 14.0. The summed E-state index contributed by atoms with van der Waals surface area (Å²) in [6.07, 6.45) is 6.74. The summed E-state index contributed by atoms with van der Waals surface area (Å²) in [5.41, 5.74) is 24.6. The highest BCUT2D eigenvalue weighted by Crippen LogP contribution is 2.28. The van der Waals surface area contributed by atoms with E-state index in [1.165, 1.54) is 12.5 Å². The number of nitro groups is 1. The zero-order valence-corrected chi connectivity index (χ0v) is 39.8. The normalized spacial score (nSPS) is 14.9. The maximum atomic E-state index is 11.6. The molecule has 69 heavy (non-hydrogen) atoms. The highest BCUT2D eigenvalue weighted by molar-refractivity contribution is 9.18. The lowest BCUT2D eigenvalue weighted by Gasteiger charge is -2.04. The van der Waals surface area contributed by atoms with E-state index < -0.39 is 10.9 Å². The molecule has 0 spiro atoms. The van der Waals surface area contributed by atoms with Crippen LogP contribution in [-0.4, -0.2) is 114 Å². The highest BCUT2D eigenvalue weighted by Gasteiger charge is 2.28. The first-order chi connectivity index (χ1) is 33.2. The molecule has 5 aliphatic rings. The number of halogens is 1. The van der Waals surface area contributed by atoms with E-state index in [4.69, 9.17) is 31.4 Å². The zero-order chi connectivity index (χ0) is 50.5. The number of fused-ring (bicyclic) bond motifs is 1. The number of hydrogen-bond donors (Lipinski definition) is 4. The molecule has 0 bridgehead atoms. The van der Waals surface area contributed by atoms with E-state index in [0.717, 1.165) is 34.2 Å². The number of aliphatic imine (C=N–C) groups is 4. The first kappa shape index (κ1) is 53.5. The van der Waals surface area contributed by atoms with Gasteiger partial charge in [0, 0.05) is 22.9 Å². The number of nitrogens with one attached hydrogen (secondary N) is 1. The minimum Gasteiger partial charge on any atom is -0.463 e. The van der Waals surface area contributed by atoms with Crippen LogP contribution in [0.25, 0.3) is 5.57 Å². The smallest absolute Gasteiger partial charge is 0.342 e. The molecule has 3 aromatic rings.